The highest BCUT2D eigenvalue weighted by molar-refractivity contribution is 5.69. The number of esters is 1. The molecule has 0 bridgehead atoms. The fourth-order valence-corrected chi connectivity index (χ4v) is 2.06. The first-order valence-electron chi connectivity index (χ1n) is 9.41. The van der Waals surface area contributed by atoms with Crippen molar-refractivity contribution in [3.8, 4) is 0 Å². The number of carbonyl (C=O) groups is 2. The van der Waals surface area contributed by atoms with E-state index in [9.17, 15) is 9.59 Å². The summed E-state index contributed by atoms with van der Waals surface area (Å²) in [6, 6.07) is 0. The molecule has 0 spiro atoms. The van der Waals surface area contributed by atoms with Gasteiger partial charge in [-0.25, -0.2) is 4.79 Å². The topological polar surface area (TPSA) is 64.6 Å². The van der Waals surface area contributed by atoms with Crippen LogP contribution in [0.1, 0.15) is 85.5 Å². The van der Waals surface area contributed by atoms with Crippen LogP contribution in [0.2, 0.25) is 0 Å². The minimum absolute atomic E-state index is 0.0201. The van der Waals surface area contributed by atoms with Gasteiger partial charge in [0.2, 0.25) is 0 Å². The highest BCUT2D eigenvalue weighted by Crippen LogP contribution is 2.12. The van der Waals surface area contributed by atoms with Gasteiger partial charge in [0.25, 0.3) is 0 Å². The van der Waals surface area contributed by atoms with Crippen LogP contribution in [0.25, 0.3) is 0 Å². The Balaban J connectivity index is 3.37. The van der Waals surface area contributed by atoms with Crippen molar-refractivity contribution < 1.29 is 19.1 Å². The Morgan fingerprint density at radius 2 is 1.54 bits per heavy atom. The van der Waals surface area contributed by atoms with Gasteiger partial charge >= 0.3 is 12.1 Å². The molecule has 1 N–H and O–H groups in total. The van der Waals surface area contributed by atoms with Crippen molar-refractivity contribution in [1.82, 2.24) is 5.32 Å². The normalized spacial score (nSPS) is 11.2. The van der Waals surface area contributed by atoms with Gasteiger partial charge in [0, 0.05) is 13.0 Å². The van der Waals surface area contributed by atoms with E-state index in [0.29, 0.717) is 26.2 Å². The van der Waals surface area contributed by atoms with Gasteiger partial charge in [-0.15, -0.1) is 0 Å². The van der Waals surface area contributed by atoms with E-state index in [0.717, 1.165) is 32.1 Å². The highest BCUT2D eigenvalue weighted by Gasteiger charge is 2.13. The average Bonchev–Trinajstić information content (AvgIpc) is 2.51. The monoisotopic (exact) mass is 343 g/mol. The zero-order valence-electron chi connectivity index (χ0n) is 16.1. The quantitative estimate of drug-likeness (QED) is 0.384. The fraction of sp³-hybridized carbons (Fsp3) is 0.895. The van der Waals surface area contributed by atoms with E-state index in [1.54, 1.807) is 0 Å². The zero-order valence-corrected chi connectivity index (χ0v) is 16.1. The average molecular weight is 344 g/mol. The summed E-state index contributed by atoms with van der Waals surface area (Å²) in [6.45, 7) is 9.77. The van der Waals surface area contributed by atoms with E-state index in [2.05, 4.69) is 12.2 Å². The molecule has 5 nitrogen and oxygen atoms in total. The molecule has 0 rings (SSSR count). The van der Waals surface area contributed by atoms with Gasteiger partial charge in [-0.3, -0.25) is 4.79 Å². The molecule has 0 fully saturated rings. The number of amides is 1. The van der Waals surface area contributed by atoms with Crippen molar-refractivity contribution in [1.29, 1.82) is 0 Å². The lowest BCUT2D eigenvalue weighted by Gasteiger charge is -2.17. The van der Waals surface area contributed by atoms with Crippen LogP contribution in [0.4, 0.5) is 4.79 Å². The molecule has 0 aromatic rings. The molecule has 0 aromatic carbocycles. The second kappa shape index (κ2) is 14.1. The second-order valence-corrected chi connectivity index (χ2v) is 7.51. The summed E-state index contributed by atoms with van der Waals surface area (Å²) >= 11 is 0. The minimum atomic E-state index is -0.368. The van der Waals surface area contributed by atoms with E-state index in [4.69, 9.17) is 9.47 Å². The molecule has 0 unspecified atom stereocenters. The summed E-state index contributed by atoms with van der Waals surface area (Å²) in [7, 11) is 0. The largest absolute Gasteiger partial charge is 0.466 e. The van der Waals surface area contributed by atoms with Crippen molar-refractivity contribution in [3.05, 3.63) is 0 Å². The lowest BCUT2D eigenvalue weighted by atomic mass is 9.99. The van der Waals surface area contributed by atoms with Gasteiger partial charge < -0.3 is 14.8 Å². The van der Waals surface area contributed by atoms with Crippen LogP contribution in [-0.4, -0.2) is 31.8 Å². The molecule has 0 aliphatic carbocycles. The fourth-order valence-electron chi connectivity index (χ4n) is 2.06. The third kappa shape index (κ3) is 17.1. The van der Waals surface area contributed by atoms with Crippen LogP contribution in [0, 0.1) is 5.41 Å². The highest BCUT2D eigenvalue weighted by atomic mass is 16.5. The predicted octanol–water partition coefficient (Wildman–Crippen LogP) is 4.83. The summed E-state index contributed by atoms with van der Waals surface area (Å²) in [6.07, 6.45) is 8.43. The van der Waals surface area contributed by atoms with Gasteiger partial charge in [-0.1, -0.05) is 59.8 Å². The molecule has 0 aromatic heterocycles. The van der Waals surface area contributed by atoms with Gasteiger partial charge in [-0.05, 0) is 24.7 Å². The number of unbranched alkanes of at least 4 members (excludes halogenated alkanes) is 6. The van der Waals surface area contributed by atoms with E-state index in [1.807, 2.05) is 20.8 Å². The van der Waals surface area contributed by atoms with Crippen molar-refractivity contribution >= 4 is 12.1 Å². The third-order valence-electron chi connectivity index (χ3n) is 3.47. The predicted molar refractivity (Wildman–Crippen MR) is 97.0 cm³/mol. The van der Waals surface area contributed by atoms with Crippen molar-refractivity contribution in [3.63, 3.8) is 0 Å². The van der Waals surface area contributed by atoms with Crippen LogP contribution in [-0.2, 0) is 14.3 Å². The standard InChI is InChI=1S/C19H37NO4/c1-5-6-7-8-12-15-23-17(21)13-10-9-11-14-20-18(22)24-16-19(2,3)4/h5-16H2,1-4H3,(H,20,22). The maximum Gasteiger partial charge on any atom is 0.407 e. The Bertz CT molecular complexity index is 337. The Morgan fingerprint density at radius 3 is 2.21 bits per heavy atom. The molecular weight excluding hydrogens is 306 g/mol. The lowest BCUT2D eigenvalue weighted by molar-refractivity contribution is -0.143. The first kappa shape index (κ1) is 22.7. The molecule has 0 aliphatic heterocycles. The number of hydrogen-bond acceptors (Lipinski definition) is 4. The Labute approximate surface area is 147 Å². The molecule has 24 heavy (non-hydrogen) atoms. The molecule has 0 radical (unpaired) electrons. The summed E-state index contributed by atoms with van der Waals surface area (Å²) in [5.41, 5.74) is -0.0201. The maximum absolute atomic E-state index is 11.5. The van der Waals surface area contributed by atoms with Gasteiger partial charge in [0.15, 0.2) is 0 Å². The van der Waals surface area contributed by atoms with Crippen molar-refractivity contribution in [2.24, 2.45) is 5.41 Å². The molecule has 1 amide bonds. The maximum atomic E-state index is 11.5. The number of alkyl carbamates (subject to hydrolysis) is 1. The smallest absolute Gasteiger partial charge is 0.407 e. The minimum Gasteiger partial charge on any atom is -0.466 e. The first-order valence-corrected chi connectivity index (χ1v) is 9.41. The van der Waals surface area contributed by atoms with Gasteiger partial charge in [-0.2, -0.15) is 0 Å². The van der Waals surface area contributed by atoms with Crippen LogP contribution < -0.4 is 5.32 Å². The zero-order chi connectivity index (χ0) is 18.3. The van der Waals surface area contributed by atoms with E-state index in [1.165, 1.54) is 19.3 Å². The van der Waals surface area contributed by atoms with E-state index >= 15 is 0 Å². The number of carbonyl (C=O) groups excluding carboxylic acids is 2. The van der Waals surface area contributed by atoms with Gasteiger partial charge in [0.05, 0.1) is 13.2 Å². The molecule has 0 heterocycles. The number of ether oxygens (including phenoxy) is 2. The Hall–Kier alpha value is -1.26. The molecule has 0 saturated heterocycles. The van der Waals surface area contributed by atoms with Crippen LogP contribution >= 0.6 is 0 Å². The van der Waals surface area contributed by atoms with Crippen LogP contribution in [0.3, 0.4) is 0 Å². The molecule has 5 heteroatoms. The summed E-state index contributed by atoms with van der Waals surface area (Å²) in [5.74, 6) is -0.108. The first-order chi connectivity index (χ1) is 11.3. The lowest BCUT2D eigenvalue weighted by Crippen LogP contribution is -2.28. The summed E-state index contributed by atoms with van der Waals surface area (Å²) < 4.78 is 10.3. The Kier molecular flexibility index (Phi) is 13.4. The van der Waals surface area contributed by atoms with Crippen LogP contribution in [0.5, 0.6) is 0 Å². The second-order valence-electron chi connectivity index (χ2n) is 7.51. The molecule has 142 valence electrons. The number of rotatable bonds is 13. The molecule has 0 saturated carbocycles. The SMILES string of the molecule is CCCCCCCOC(=O)CCCCCNC(=O)OCC(C)(C)C. The molecular formula is C19H37NO4. The van der Waals surface area contributed by atoms with Gasteiger partial charge in [0.1, 0.15) is 0 Å². The molecule has 0 aliphatic rings. The number of hydrogen-bond donors (Lipinski definition) is 1. The van der Waals surface area contributed by atoms with Crippen molar-refractivity contribution in [2.45, 2.75) is 85.5 Å². The summed E-state index contributed by atoms with van der Waals surface area (Å²) in [5, 5.41) is 2.72. The van der Waals surface area contributed by atoms with Crippen molar-refractivity contribution in [2.75, 3.05) is 19.8 Å². The van der Waals surface area contributed by atoms with E-state index < -0.39 is 0 Å². The third-order valence-corrected chi connectivity index (χ3v) is 3.47. The van der Waals surface area contributed by atoms with Crippen LogP contribution in [0.15, 0.2) is 0 Å². The molecule has 0 atom stereocenters. The summed E-state index contributed by atoms with van der Waals surface area (Å²) in [4.78, 5) is 23.0. The van der Waals surface area contributed by atoms with E-state index in [-0.39, 0.29) is 17.5 Å². The Morgan fingerprint density at radius 1 is 0.875 bits per heavy atom. The number of nitrogens with one attached hydrogen (secondary N) is 1.